The van der Waals surface area contributed by atoms with Crippen molar-refractivity contribution in [1.82, 2.24) is 19.5 Å². The Labute approximate surface area is 284 Å². The second kappa shape index (κ2) is 13.3. The molecule has 0 spiro atoms. The molecule has 0 unspecified atom stereocenters. The smallest absolute Gasteiger partial charge is 0.427 e. The van der Waals surface area contributed by atoms with Crippen LogP contribution in [0.1, 0.15) is 96.2 Å². The highest BCUT2D eigenvalue weighted by Crippen LogP contribution is 2.41. The van der Waals surface area contributed by atoms with Crippen molar-refractivity contribution < 1.29 is 58.2 Å². The first-order chi connectivity index (χ1) is 22.1. The molecule has 2 aromatic rings. The molecule has 18 heteroatoms. The minimum Gasteiger partial charge on any atom is -0.443 e. The maximum absolute atomic E-state index is 13.7. The number of imide groups is 2. The normalized spacial score (nSPS) is 21.7. The van der Waals surface area contributed by atoms with Gasteiger partial charge in [-0.2, -0.15) is 14.9 Å². The summed E-state index contributed by atoms with van der Waals surface area (Å²) >= 11 is 0. The molecule has 0 saturated carbocycles. The van der Waals surface area contributed by atoms with Gasteiger partial charge in [0.05, 0.1) is 12.9 Å². The Hall–Kier alpha value is -4.13. The van der Waals surface area contributed by atoms with E-state index in [0.717, 1.165) is 10.9 Å². The van der Waals surface area contributed by atoms with E-state index in [2.05, 4.69) is 15.0 Å². The second-order valence-electron chi connectivity index (χ2n) is 15.6. The van der Waals surface area contributed by atoms with Gasteiger partial charge >= 0.3 is 24.4 Å². The molecule has 0 radical (unpaired) electrons. The zero-order valence-electron chi connectivity index (χ0n) is 30.2. The fraction of sp³-hybridized carbons (Fsp3) is 0.710. The molecule has 0 aromatic carbocycles. The fourth-order valence-electron chi connectivity index (χ4n) is 4.42. The van der Waals surface area contributed by atoms with Crippen molar-refractivity contribution in [3.05, 3.63) is 6.33 Å². The molecule has 3 rings (SSSR count). The highest BCUT2D eigenvalue weighted by atomic mass is 16.6. The van der Waals surface area contributed by atoms with Crippen molar-refractivity contribution in [3.8, 4) is 0 Å². The number of aromatic nitrogens is 4. The van der Waals surface area contributed by atoms with E-state index in [1.165, 1.54) is 6.92 Å². The van der Waals surface area contributed by atoms with Crippen molar-refractivity contribution in [2.75, 3.05) is 16.4 Å². The Bertz CT molecular complexity index is 1520. The summed E-state index contributed by atoms with van der Waals surface area (Å²) in [5, 5.41) is 31.8. The molecule has 1 fully saturated rings. The average Bonchev–Trinajstić information content (AvgIpc) is 3.37. The highest BCUT2D eigenvalue weighted by molar-refractivity contribution is 6.14. The third-order valence-electron chi connectivity index (χ3n) is 6.29. The maximum atomic E-state index is 13.7. The van der Waals surface area contributed by atoms with Crippen LogP contribution in [0.2, 0.25) is 0 Å². The molecule has 4 amide bonds. The summed E-state index contributed by atoms with van der Waals surface area (Å²) in [6, 6.07) is 0. The Morgan fingerprint density at radius 3 is 1.57 bits per heavy atom. The van der Waals surface area contributed by atoms with Gasteiger partial charge in [-0.05, 0) is 90.0 Å². The summed E-state index contributed by atoms with van der Waals surface area (Å²) < 4.78 is 28.9. The first-order valence-corrected chi connectivity index (χ1v) is 15.5. The van der Waals surface area contributed by atoms with Gasteiger partial charge < -0.3 is 39.0 Å². The van der Waals surface area contributed by atoms with Crippen molar-refractivity contribution >= 4 is 47.3 Å². The Morgan fingerprint density at radius 2 is 1.20 bits per heavy atom. The van der Waals surface area contributed by atoms with Crippen molar-refractivity contribution in [1.29, 1.82) is 0 Å². The minimum atomic E-state index is -2.06. The Balaban J connectivity index is 2.46. The molecule has 0 bridgehead atoms. The largest absolute Gasteiger partial charge is 0.443 e. The Morgan fingerprint density at radius 1 is 0.796 bits per heavy atom. The molecular weight excluding hydrogens is 648 g/mol. The third-order valence-corrected chi connectivity index (χ3v) is 6.29. The lowest BCUT2D eigenvalue weighted by molar-refractivity contribution is -0.0950. The predicted octanol–water partition coefficient (Wildman–Crippen LogP) is 4.18. The van der Waals surface area contributed by atoms with E-state index in [1.54, 1.807) is 83.1 Å². The SMILES string of the molecule is CC(C)(C)OC(=O)N(C(=O)OC(C)(C)C)c1nc(N(C(=O)OC(C)(C)C)C(=O)OC(C)(C)C)c2ncn([C@H]3O[C@H](CO)[C@@H](O)[C@@]3(C)O)c2n1. The molecule has 4 atom stereocenters. The van der Waals surface area contributed by atoms with Crippen LogP contribution in [0.25, 0.3) is 11.2 Å². The number of aliphatic hydroxyl groups excluding tert-OH is 2. The predicted molar refractivity (Wildman–Crippen MR) is 173 cm³/mol. The highest BCUT2D eigenvalue weighted by Gasteiger charge is 2.53. The van der Waals surface area contributed by atoms with E-state index in [9.17, 15) is 34.5 Å². The lowest BCUT2D eigenvalue weighted by atomic mass is 9.96. The number of hydrogen-bond donors (Lipinski definition) is 3. The number of carbonyl (C=O) groups is 4. The number of rotatable bonds is 4. The van der Waals surface area contributed by atoms with E-state index < -0.39 is 89.2 Å². The summed E-state index contributed by atoms with van der Waals surface area (Å²) in [5.41, 5.74) is -7.15. The van der Waals surface area contributed by atoms with Gasteiger partial charge in [0.2, 0.25) is 5.95 Å². The van der Waals surface area contributed by atoms with Crippen LogP contribution in [-0.4, -0.2) is 106 Å². The van der Waals surface area contributed by atoms with Crippen molar-refractivity contribution in [2.45, 2.75) is 136 Å². The molecule has 274 valence electrons. The summed E-state index contributed by atoms with van der Waals surface area (Å²) in [6.07, 6.45) is -8.27. The number of imidazole rings is 1. The van der Waals surface area contributed by atoms with Gasteiger partial charge in [0.25, 0.3) is 0 Å². The molecule has 1 aliphatic rings. The van der Waals surface area contributed by atoms with Gasteiger partial charge in [-0.25, -0.2) is 24.2 Å². The van der Waals surface area contributed by atoms with Gasteiger partial charge in [0, 0.05) is 0 Å². The number of nitrogens with zero attached hydrogens (tertiary/aromatic N) is 6. The molecule has 3 N–H and O–H groups in total. The number of hydrogen-bond acceptors (Lipinski definition) is 15. The van der Waals surface area contributed by atoms with Crippen LogP contribution in [0.3, 0.4) is 0 Å². The van der Waals surface area contributed by atoms with Crippen LogP contribution >= 0.6 is 0 Å². The van der Waals surface area contributed by atoms with Crippen LogP contribution in [0.5, 0.6) is 0 Å². The van der Waals surface area contributed by atoms with Crippen molar-refractivity contribution in [2.24, 2.45) is 0 Å². The molecule has 0 aliphatic carbocycles. The first kappa shape index (κ1) is 39.3. The van der Waals surface area contributed by atoms with Gasteiger partial charge in [0.15, 0.2) is 23.2 Å². The zero-order valence-corrected chi connectivity index (χ0v) is 30.2. The number of ether oxygens (including phenoxy) is 5. The van der Waals surface area contributed by atoms with E-state index in [1.807, 2.05) is 0 Å². The minimum absolute atomic E-state index is 0.282. The van der Waals surface area contributed by atoms with Crippen LogP contribution in [-0.2, 0) is 23.7 Å². The third kappa shape index (κ3) is 9.31. The van der Waals surface area contributed by atoms with E-state index in [4.69, 9.17) is 23.7 Å². The second-order valence-corrected chi connectivity index (χ2v) is 15.6. The summed E-state index contributed by atoms with van der Waals surface area (Å²) in [4.78, 5) is 68.5. The number of fused-ring (bicyclic) bond motifs is 1. The van der Waals surface area contributed by atoms with E-state index in [0.29, 0.717) is 9.80 Å². The summed E-state index contributed by atoms with van der Waals surface area (Å²) in [5.74, 6) is -1.35. The van der Waals surface area contributed by atoms with Crippen molar-refractivity contribution in [3.63, 3.8) is 0 Å². The fourth-order valence-corrected chi connectivity index (χ4v) is 4.42. The maximum Gasteiger partial charge on any atom is 0.427 e. The number of anilines is 2. The zero-order chi connectivity index (χ0) is 37.7. The van der Waals surface area contributed by atoms with E-state index >= 15 is 0 Å². The van der Waals surface area contributed by atoms with Gasteiger partial charge in [-0.3, -0.25) is 4.57 Å². The molecule has 1 aliphatic heterocycles. The topological polar surface area (TPSA) is 225 Å². The number of amides is 4. The van der Waals surface area contributed by atoms with Crippen LogP contribution in [0, 0.1) is 0 Å². The van der Waals surface area contributed by atoms with Crippen LogP contribution in [0.15, 0.2) is 6.33 Å². The molecular formula is C31H48N6O12. The van der Waals surface area contributed by atoms with Gasteiger partial charge in [0.1, 0.15) is 40.2 Å². The van der Waals surface area contributed by atoms with Crippen LogP contribution < -0.4 is 9.80 Å². The van der Waals surface area contributed by atoms with Gasteiger partial charge in [-0.1, -0.05) is 0 Å². The summed E-state index contributed by atoms with van der Waals surface area (Å²) in [7, 11) is 0. The lowest BCUT2D eigenvalue weighted by Gasteiger charge is -2.30. The summed E-state index contributed by atoms with van der Waals surface area (Å²) in [6.45, 7) is 19.3. The number of carbonyl (C=O) groups excluding carboxylic acids is 4. The lowest BCUT2D eigenvalue weighted by Crippen LogP contribution is -2.46. The van der Waals surface area contributed by atoms with E-state index in [-0.39, 0.29) is 11.2 Å². The molecule has 1 saturated heterocycles. The monoisotopic (exact) mass is 696 g/mol. The molecule has 3 heterocycles. The quantitative estimate of drug-likeness (QED) is 0.381. The molecule has 49 heavy (non-hydrogen) atoms. The Kier molecular flexibility index (Phi) is 10.7. The first-order valence-electron chi connectivity index (χ1n) is 15.5. The average molecular weight is 697 g/mol. The van der Waals surface area contributed by atoms with Gasteiger partial charge in [-0.15, -0.1) is 4.90 Å². The molecule has 18 nitrogen and oxygen atoms in total. The molecule has 2 aromatic heterocycles. The number of aliphatic hydroxyl groups is 3. The standard InChI is InChI=1S/C31H48N6O12/c1-27(2,3)46-23(40)36(24(41)47-28(4,5)6)20-17-19(35(15-32-17)21-31(13,44)18(39)16(14-38)45-21)33-22(34-20)37(25(42)48-29(7,8)9)26(43)49-30(10,11)12/h15-16,18,21,38-39,44H,14H2,1-13H3/t16-,18-,21+,31-/m1/s1. The van der Waals surface area contributed by atoms with Crippen LogP contribution in [0.4, 0.5) is 30.9 Å².